The highest BCUT2D eigenvalue weighted by Crippen LogP contribution is 2.25. The molecule has 0 aliphatic carbocycles. The lowest BCUT2D eigenvalue weighted by atomic mass is 10.2. The van der Waals surface area contributed by atoms with Gasteiger partial charge in [0.25, 0.3) is 0 Å². The fourth-order valence-corrected chi connectivity index (χ4v) is 2.69. The van der Waals surface area contributed by atoms with Gasteiger partial charge in [0.2, 0.25) is 0 Å². The van der Waals surface area contributed by atoms with E-state index in [2.05, 4.69) is 0 Å². The van der Waals surface area contributed by atoms with E-state index in [-0.39, 0.29) is 5.82 Å². The van der Waals surface area contributed by atoms with Crippen LogP contribution in [0.2, 0.25) is 5.02 Å². The third-order valence-electron chi connectivity index (χ3n) is 2.54. The van der Waals surface area contributed by atoms with Gasteiger partial charge in [0.1, 0.15) is 5.82 Å². The Morgan fingerprint density at radius 2 is 2.00 bits per heavy atom. The molecule has 0 unspecified atom stereocenters. The zero-order valence-electron chi connectivity index (χ0n) is 9.70. The van der Waals surface area contributed by atoms with Gasteiger partial charge in [-0.05, 0) is 35.4 Å². The van der Waals surface area contributed by atoms with Crippen LogP contribution < -0.4 is 5.73 Å². The first-order valence-corrected chi connectivity index (χ1v) is 6.91. The summed E-state index contributed by atoms with van der Waals surface area (Å²) in [6.45, 7) is 0.518. The van der Waals surface area contributed by atoms with Crippen LogP contribution in [-0.2, 0) is 12.3 Å². The van der Waals surface area contributed by atoms with E-state index in [0.29, 0.717) is 22.9 Å². The van der Waals surface area contributed by atoms with E-state index in [1.54, 1.807) is 23.9 Å². The van der Waals surface area contributed by atoms with Crippen molar-refractivity contribution in [1.29, 1.82) is 0 Å². The monoisotopic (exact) mass is 281 g/mol. The predicted octanol–water partition coefficient (Wildman–Crippen LogP) is 4.23. The lowest BCUT2D eigenvalue weighted by molar-refractivity contribution is 0.617. The fourth-order valence-electron chi connectivity index (χ4n) is 1.56. The molecule has 0 saturated heterocycles. The Morgan fingerprint density at radius 3 is 2.72 bits per heavy atom. The highest BCUT2D eigenvalue weighted by atomic mass is 35.5. The van der Waals surface area contributed by atoms with Gasteiger partial charge in [-0.1, -0.05) is 29.8 Å². The van der Waals surface area contributed by atoms with Crippen LogP contribution in [0.4, 0.5) is 4.39 Å². The maximum Gasteiger partial charge on any atom is 0.128 e. The van der Waals surface area contributed by atoms with Gasteiger partial charge < -0.3 is 5.73 Å². The van der Waals surface area contributed by atoms with Crippen molar-refractivity contribution in [3.63, 3.8) is 0 Å². The number of halogens is 2. The minimum absolute atomic E-state index is 0.259. The molecule has 2 aromatic rings. The van der Waals surface area contributed by atoms with E-state index < -0.39 is 0 Å². The molecule has 4 heteroatoms. The van der Waals surface area contributed by atoms with Gasteiger partial charge in [-0.2, -0.15) is 0 Å². The summed E-state index contributed by atoms with van der Waals surface area (Å²) in [6.07, 6.45) is 0. The van der Waals surface area contributed by atoms with Crippen molar-refractivity contribution >= 4 is 23.4 Å². The molecule has 0 aromatic heterocycles. The molecule has 0 heterocycles. The third-order valence-corrected chi connectivity index (χ3v) is 3.82. The molecule has 2 rings (SSSR count). The second-order valence-corrected chi connectivity index (χ2v) is 5.36. The molecule has 18 heavy (non-hydrogen) atoms. The van der Waals surface area contributed by atoms with Crippen LogP contribution in [0.15, 0.2) is 47.4 Å². The van der Waals surface area contributed by atoms with Crippen molar-refractivity contribution in [2.75, 3.05) is 0 Å². The average Bonchev–Trinajstić information content (AvgIpc) is 2.38. The Morgan fingerprint density at radius 1 is 1.17 bits per heavy atom. The van der Waals surface area contributed by atoms with Crippen molar-refractivity contribution in [2.45, 2.75) is 17.2 Å². The van der Waals surface area contributed by atoms with Crippen molar-refractivity contribution < 1.29 is 4.39 Å². The summed E-state index contributed by atoms with van der Waals surface area (Å²) in [7, 11) is 0. The molecule has 0 bridgehead atoms. The molecular formula is C14H13ClFNS. The summed E-state index contributed by atoms with van der Waals surface area (Å²) in [6, 6.07) is 12.7. The van der Waals surface area contributed by atoms with Crippen molar-refractivity contribution in [1.82, 2.24) is 0 Å². The summed E-state index contributed by atoms with van der Waals surface area (Å²) < 4.78 is 13.6. The minimum Gasteiger partial charge on any atom is -0.326 e. The van der Waals surface area contributed by atoms with Crippen LogP contribution in [0.3, 0.4) is 0 Å². The standard InChI is InChI=1S/C14H13ClFNS/c15-12-5-4-11(14(16)7-12)9-18-13-3-1-2-10(6-13)8-17/h1-7H,8-9,17H2. The molecule has 0 saturated carbocycles. The molecule has 0 radical (unpaired) electrons. The topological polar surface area (TPSA) is 26.0 Å². The van der Waals surface area contributed by atoms with Gasteiger partial charge in [0, 0.05) is 22.2 Å². The first-order valence-electron chi connectivity index (χ1n) is 5.55. The van der Waals surface area contributed by atoms with E-state index in [4.69, 9.17) is 17.3 Å². The van der Waals surface area contributed by atoms with Crippen LogP contribution in [0, 0.1) is 5.82 Å². The van der Waals surface area contributed by atoms with E-state index >= 15 is 0 Å². The summed E-state index contributed by atoms with van der Waals surface area (Å²) in [4.78, 5) is 1.09. The van der Waals surface area contributed by atoms with Crippen LogP contribution >= 0.6 is 23.4 Å². The lowest BCUT2D eigenvalue weighted by Gasteiger charge is -2.05. The Balaban J connectivity index is 2.06. The maximum atomic E-state index is 13.6. The molecule has 1 nitrogen and oxygen atoms in total. The molecule has 0 spiro atoms. The van der Waals surface area contributed by atoms with Crippen molar-refractivity contribution in [2.24, 2.45) is 5.73 Å². The van der Waals surface area contributed by atoms with Gasteiger partial charge in [-0.3, -0.25) is 0 Å². The summed E-state index contributed by atoms with van der Waals surface area (Å²) in [5.41, 5.74) is 7.32. The van der Waals surface area contributed by atoms with Gasteiger partial charge in [-0.15, -0.1) is 11.8 Å². The summed E-state index contributed by atoms with van der Waals surface area (Å²) >= 11 is 7.30. The van der Waals surface area contributed by atoms with Gasteiger partial charge in [-0.25, -0.2) is 4.39 Å². The number of nitrogens with two attached hydrogens (primary N) is 1. The predicted molar refractivity (Wildman–Crippen MR) is 75.3 cm³/mol. The molecular weight excluding hydrogens is 269 g/mol. The molecule has 0 aliphatic rings. The molecule has 0 atom stereocenters. The lowest BCUT2D eigenvalue weighted by Crippen LogP contribution is -1.95. The Hall–Kier alpha value is -1.03. The Labute approximate surface area is 115 Å². The SMILES string of the molecule is NCc1cccc(SCc2ccc(Cl)cc2F)c1. The van der Waals surface area contributed by atoms with Gasteiger partial charge >= 0.3 is 0 Å². The van der Waals surface area contributed by atoms with E-state index in [0.717, 1.165) is 10.5 Å². The van der Waals surface area contributed by atoms with Crippen molar-refractivity contribution in [3.05, 3.63) is 64.4 Å². The number of hydrogen-bond acceptors (Lipinski definition) is 2. The first kappa shape index (κ1) is 13.4. The summed E-state index contributed by atoms with van der Waals surface area (Å²) in [5, 5.41) is 0.423. The molecule has 0 aliphatic heterocycles. The third kappa shape index (κ3) is 3.48. The smallest absolute Gasteiger partial charge is 0.128 e. The molecule has 2 N–H and O–H groups in total. The maximum absolute atomic E-state index is 13.6. The average molecular weight is 282 g/mol. The number of rotatable bonds is 4. The Kier molecular flexibility index (Phi) is 4.64. The zero-order chi connectivity index (χ0) is 13.0. The zero-order valence-corrected chi connectivity index (χ0v) is 11.3. The summed E-state index contributed by atoms with van der Waals surface area (Å²) in [5.74, 6) is 0.321. The number of thioether (sulfide) groups is 1. The highest BCUT2D eigenvalue weighted by molar-refractivity contribution is 7.98. The van der Waals surface area contributed by atoms with E-state index in [9.17, 15) is 4.39 Å². The Bertz CT molecular complexity index is 545. The van der Waals surface area contributed by atoms with E-state index in [1.165, 1.54) is 6.07 Å². The van der Waals surface area contributed by atoms with E-state index in [1.807, 2.05) is 24.3 Å². The molecule has 2 aromatic carbocycles. The first-order chi connectivity index (χ1) is 8.69. The molecule has 94 valence electrons. The van der Waals surface area contributed by atoms with Gasteiger partial charge in [0.05, 0.1) is 0 Å². The molecule has 0 fully saturated rings. The van der Waals surface area contributed by atoms with Crippen LogP contribution in [0.1, 0.15) is 11.1 Å². The molecule has 0 amide bonds. The number of benzene rings is 2. The normalized spacial score (nSPS) is 10.6. The second-order valence-electron chi connectivity index (χ2n) is 3.88. The van der Waals surface area contributed by atoms with Crippen LogP contribution in [-0.4, -0.2) is 0 Å². The fraction of sp³-hybridized carbons (Fsp3) is 0.143. The van der Waals surface area contributed by atoms with Crippen molar-refractivity contribution in [3.8, 4) is 0 Å². The minimum atomic E-state index is -0.259. The van der Waals surface area contributed by atoms with Crippen LogP contribution in [0.25, 0.3) is 0 Å². The largest absolute Gasteiger partial charge is 0.326 e. The van der Waals surface area contributed by atoms with Crippen LogP contribution in [0.5, 0.6) is 0 Å². The quantitative estimate of drug-likeness (QED) is 0.849. The second kappa shape index (κ2) is 6.23. The van der Waals surface area contributed by atoms with Gasteiger partial charge in [0.15, 0.2) is 0 Å². The highest BCUT2D eigenvalue weighted by Gasteiger charge is 2.04. The number of hydrogen-bond donors (Lipinski definition) is 1.